The summed E-state index contributed by atoms with van der Waals surface area (Å²) in [6.07, 6.45) is 7.33. The van der Waals surface area contributed by atoms with Crippen LogP contribution in [0.2, 0.25) is 0 Å². The average Bonchev–Trinajstić information content (AvgIpc) is 3.09. The van der Waals surface area contributed by atoms with E-state index >= 15 is 0 Å². The van der Waals surface area contributed by atoms with E-state index in [1.165, 1.54) is 0 Å². The lowest BCUT2D eigenvalue weighted by atomic mass is 9.72. The van der Waals surface area contributed by atoms with Gasteiger partial charge < -0.3 is 4.74 Å². The van der Waals surface area contributed by atoms with Crippen LogP contribution in [0.5, 0.6) is 5.75 Å². The second-order valence-corrected chi connectivity index (χ2v) is 4.90. The van der Waals surface area contributed by atoms with Crippen LogP contribution in [-0.2, 0) is 10.3 Å². The largest absolute Gasteiger partial charge is 0.490 e. The monoisotopic (exact) mass is 229 g/mol. The lowest BCUT2D eigenvalue weighted by Crippen LogP contribution is -2.32. The summed E-state index contributed by atoms with van der Waals surface area (Å²) in [5.41, 5.74) is 0.703. The Bertz CT molecular complexity index is 469. The van der Waals surface area contributed by atoms with Gasteiger partial charge in [0.1, 0.15) is 11.3 Å². The lowest BCUT2D eigenvalue weighted by molar-refractivity contribution is 0.233. The first-order valence-corrected chi connectivity index (χ1v) is 6.19. The fourth-order valence-electron chi connectivity index (χ4n) is 2.36. The van der Waals surface area contributed by atoms with Gasteiger partial charge in [0.15, 0.2) is 0 Å². The summed E-state index contributed by atoms with van der Waals surface area (Å²) in [5, 5.41) is 0. The Morgan fingerprint density at radius 1 is 1.29 bits per heavy atom. The number of rotatable bonds is 4. The van der Waals surface area contributed by atoms with Gasteiger partial charge in [0.05, 0.1) is 6.10 Å². The van der Waals surface area contributed by atoms with Gasteiger partial charge >= 0.3 is 0 Å². The van der Waals surface area contributed by atoms with Crippen LogP contribution in [-0.4, -0.2) is 12.2 Å². The molecular formula is C14H15NO2. The third kappa shape index (κ3) is 1.87. The van der Waals surface area contributed by atoms with Crippen LogP contribution in [0.15, 0.2) is 29.3 Å². The molecule has 88 valence electrons. The second kappa shape index (κ2) is 4.01. The van der Waals surface area contributed by atoms with Crippen molar-refractivity contribution in [1.82, 2.24) is 0 Å². The highest BCUT2D eigenvalue weighted by Gasteiger charge is 2.41. The lowest BCUT2D eigenvalue weighted by Gasteiger charge is -2.38. The second-order valence-electron chi connectivity index (χ2n) is 4.90. The van der Waals surface area contributed by atoms with Gasteiger partial charge in [-0.25, -0.2) is 4.79 Å². The maximum absolute atomic E-state index is 10.6. The number of hydrogen-bond acceptors (Lipinski definition) is 3. The van der Waals surface area contributed by atoms with Crippen molar-refractivity contribution in [2.75, 3.05) is 0 Å². The fraction of sp³-hybridized carbons (Fsp3) is 0.500. The minimum Gasteiger partial charge on any atom is -0.490 e. The predicted molar refractivity (Wildman–Crippen MR) is 63.7 cm³/mol. The van der Waals surface area contributed by atoms with E-state index in [2.05, 4.69) is 4.99 Å². The maximum atomic E-state index is 10.6. The van der Waals surface area contributed by atoms with Gasteiger partial charge in [-0.2, -0.15) is 4.99 Å². The van der Waals surface area contributed by atoms with E-state index in [1.54, 1.807) is 6.08 Å². The van der Waals surface area contributed by atoms with Crippen LogP contribution in [0, 0.1) is 0 Å². The summed E-state index contributed by atoms with van der Waals surface area (Å²) in [4.78, 5) is 14.6. The first-order chi connectivity index (χ1) is 8.34. The molecule has 17 heavy (non-hydrogen) atoms. The molecule has 0 atom stereocenters. The van der Waals surface area contributed by atoms with Gasteiger partial charge in [-0.1, -0.05) is 18.2 Å². The Kier molecular flexibility index (Phi) is 2.49. The normalized spacial score (nSPS) is 21.2. The van der Waals surface area contributed by atoms with Gasteiger partial charge in [0.25, 0.3) is 0 Å². The molecule has 0 aromatic heterocycles. The third-order valence-electron chi connectivity index (χ3n) is 3.65. The third-order valence-corrected chi connectivity index (χ3v) is 3.65. The first kappa shape index (κ1) is 10.5. The molecule has 2 aliphatic rings. The molecule has 0 bridgehead atoms. The van der Waals surface area contributed by atoms with Crippen molar-refractivity contribution in [2.45, 2.75) is 43.7 Å². The molecule has 0 amide bonds. The molecule has 3 nitrogen and oxygen atoms in total. The smallest absolute Gasteiger partial charge is 0.235 e. The summed E-state index contributed by atoms with van der Waals surface area (Å²) in [5.74, 6) is 0.897. The van der Waals surface area contributed by atoms with Crippen molar-refractivity contribution in [2.24, 2.45) is 4.99 Å². The number of hydrogen-bond donors (Lipinski definition) is 0. The van der Waals surface area contributed by atoms with Gasteiger partial charge in [0.2, 0.25) is 6.08 Å². The van der Waals surface area contributed by atoms with Crippen molar-refractivity contribution in [3.63, 3.8) is 0 Å². The van der Waals surface area contributed by atoms with Crippen molar-refractivity contribution >= 4 is 6.08 Å². The number of carbonyl (C=O) groups excluding carboxylic acids is 1. The van der Waals surface area contributed by atoms with E-state index in [9.17, 15) is 4.79 Å². The van der Waals surface area contributed by atoms with Crippen molar-refractivity contribution in [1.29, 1.82) is 0 Å². The molecule has 3 heteroatoms. The zero-order chi connectivity index (χ0) is 11.7. The number of para-hydroxylation sites is 1. The van der Waals surface area contributed by atoms with Gasteiger partial charge in [0, 0.05) is 5.56 Å². The summed E-state index contributed by atoms with van der Waals surface area (Å²) in [6.45, 7) is 0. The Labute approximate surface area is 101 Å². The molecule has 3 rings (SSSR count). The van der Waals surface area contributed by atoms with Crippen LogP contribution in [0.25, 0.3) is 0 Å². The SMILES string of the molecule is O=C=NC1(c2ccccc2OC2CC2)CCC1. The van der Waals surface area contributed by atoms with Crippen LogP contribution in [0.1, 0.15) is 37.7 Å². The molecule has 0 N–H and O–H groups in total. The van der Waals surface area contributed by atoms with E-state index < -0.39 is 0 Å². The van der Waals surface area contributed by atoms with E-state index in [0.717, 1.165) is 43.4 Å². The Hall–Kier alpha value is -1.60. The Morgan fingerprint density at radius 3 is 2.65 bits per heavy atom. The molecule has 0 aliphatic heterocycles. The van der Waals surface area contributed by atoms with Gasteiger partial charge in [-0.3, -0.25) is 0 Å². The number of benzene rings is 1. The predicted octanol–water partition coefficient (Wildman–Crippen LogP) is 2.94. The molecule has 1 aromatic rings. The molecular weight excluding hydrogens is 214 g/mol. The quantitative estimate of drug-likeness (QED) is 0.588. The highest BCUT2D eigenvalue weighted by Crippen LogP contribution is 2.48. The molecule has 0 spiro atoms. The van der Waals surface area contributed by atoms with Crippen LogP contribution >= 0.6 is 0 Å². The number of isocyanates is 1. The molecule has 0 unspecified atom stereocenters. The van der Waals surface area contributed by atoms with Crippen LogP contribution in [0.3, 0.4) is 0 Å². The Balaban J connectivity index is 1.97. The van der Waals surface area contributed by atoms with Crippen LogP contribution in [0.4, 0.5) is 0 Å². The maximum Gasteiger partial charge on any atom is 0.235 e. The van der Waals surface area contributed by atoms with Gasteiger partial charge in [-0.05, 0) is 38.2 Å². The molecule has 0 saturated heterocycles. The van der Waals surface area contributed by atoms with Crippen molar-refractivity contribution in [3.8, 4) is 5.75 Å². The van der Waals surface area contributed by atoms with E-state index in [1.807, 2.05) is 24.3 Å². The minimum atomic E-state index is -0.354. The molecule has 2 saturated carbocycles. The first-order valence-electron chi connectivity index (χ1n) is 6.19. The van der Waals surface area contributed by atoms with E-state index in [0.29, 0.717) is 6.10 Å². The minimum absolute atomic E-state index is 0.354. The van der Waals surface area contributed by atoms with E-state index in [4.69, 9.17) is 4.74 Å². The van der Waals surface area contributed by atoms with Gasteiger partial charge in [-0.15, -0.1) is 0 Å². The number of ether oxygens (including phenoxy) is 1. The fourth-order valence-corrected chi connectivity index (χ4v) is 2.36. The number of nitrogens with zero attached hydrogens (tertiary/aromatic N) is 1. The summed E-state index contributed by atoms with van der Waals surface area (Å²) >= 11 is 0. The standard InChI is InChI=1S/C14H15NO2/c16-10-15-14(8-3-9-14)12-4-1-2-5-13(12)17-11-6-7-11/h1-2,4-5,11H,3,6-9H2. The molecule has 0 radical (unpaired) electrons. The van der Waals surface area contributed by atoms with Crippen molar-refractivity contribution in [3.05, 3.63) is 29.8 Å². The topological polar surface area (TPSA) is 38.7 Å². The number of aliphatic imine (C=N–C) groups is 1. The Morgan fingerprint density at radius 2 is 2.06 bits per heavy atom. The average molecular weight is 229 g/mol. The summed E-state index contributed by atoms with van der Waals surface area (Å²) in [7, 11) is 0. The molecule has 2 fully saturated rings. The zero-order valence-electron chi connectivity index (χ0n) is 9.69. The highest BCUT2D eigenvalue weighted by atomic mass is 16.5. The zero-order valence-corrected chi connectivity index (χ0v) is 9.69. The highest BCUT2D eigenvalue weighted by molar-refractivity contribution is 5.45. The summed E-state index contributed by atoms with van der Waals surface area (Å²) < 4.78 is 5.89. The molecule has 2 aliphatic carbocycles. The molecule has 1 aromatic carbocycles. The van der Waals surface area contributed by atoms with E-state index in [-0.39, 0.29) is 5.54 Å². The molecule has 0 heterocycles. The van der Waals surface area contributed by atoms with Crippen LogP contribution < -0.4 is 4.74 Å². The van der Waals surface area contributed by atoms with Crippen molar-refractivity contribution < 1.29 is 9.53 Å². The summed E-state index contributed by atoms with van der Waals surface area (Å²) in [6, 6.07) is 7.96.